The summed E-state index contributed by atoms with van der Waals surface area (Å²) in [6.07, 6.45) is 1.34. The minimum Gasteiger partial charge on any atom is -0.482 e. The Labute approximate surface area is 386 Å². The van der Waals surface area contributed by atoms with Crippen LogP contribution in [0.1, 0.15) is 92.6 Å². The second-order valence-corrected chi connectivity index (χ2v) is 20.7. The van der Waals surface area contributed by atoms with Gasteiger partial charge in [-0.05, 0) is 75.2 Å². The fourth-order valence-corrected chi connectivity index (χ4v) is 10.1. The van der Waals surface area contributed by atoms with Crippen LogP contribution < -0.4 is 20.1 Å². The first-order valence-corrected chi connectivity index (χ1v) is 24.4. The summed E-state index contributed by atoms with van der Waals surface area (Å²) in [4.78, 5) is 85.5. The van der Waals surface area contributed by atoms with Gasteiger partial charge in [0.25, 0.3) is 5.91 Å². The maximum Gasteiger partial charge on any atom is 0.341 e. The van der Waals surface area contributed by atoms with Crippen molar-refractivity contribution in [1.82, 2.24) is 30.1 Å². The molecule has 0 bridgehead atoms. The molecule has 4 N–H and O–H groups in total. The van der Waals surface area contributed by atoms with Crippen molar-refractivity contribution in [3.8, 4) is 5.75 Å². The molecule has 1 saturated heterocycles. The molecule has 2 fully saturated rings. The van der Waals surface area contributed by atoms with E-state index >= 15 is 0 Å². The average molecular weight is 937 g/mol. The number of ether oxygens (including phenoxy) is 3. The van der Waals surface area contributed by atoms with Crippen LogP contribution in [0.4, 0.5) is 0 Å². The van der Waals surface area contributed by atoms with Crippen molar-refractivity contribution >= 4 is 45.5 Å². The van der Waals surface area contributed by atoms with Gasteiger partial charge in [-0.25, -0.2) is 13.2 Å². The van der Waals surface area contributed by atoms with Crippen LogP contribution >= 0.6 is 0 Å². The average Bonchev–Trinajstić information content (AvgIpc) is 4.01. The Hall–Kier alpha value is -4.33. The van der Waals surface area contributed by atoms with Crippen molar-refractivity contribution in [3.05, 3.63) is 29.8 Å². The summed E-state index contributed by atoms with van der Waals surface area (Å²) < 4.78 is 44.9. The molecule has 1 heterocycles. The van der Waals surface area contributed by atoms with Crippen LogP contribution in [0, 0.1) is 29.6 Å². The number of likely N-dealkylation sites (tertiary alicyclic amines) is 1. The Morgan fingerprint density at radius 2 is 1.49 bits per heavy atom. The van der Waals surface area contributed by atoms with Gasteiger partial charge in [0.2, 0.25) is 33.7 Å². The molecule has 9 atom stereocenters. The van der Waals surface area contributed by atoms with E-state index < -0.39 is 82.0 Å². The Balaban J connectivity index is 1.78. The molecule has 1 aromatic rings. The van der Waals surface area contributed by atoms with Crippen LogP contribution in [0.3, 0.4) is 0 Å². The van der Waals surface area contributed by atoms with Gasteiger partial charge in [0.05, 0.1) is 41.9 Å². The van der Waals surface area contributed by atoms with Gasteiger partial charge in [-0.15, -0.1) is 0 Å². The molecule has 2 unspecified atom stereocenters. The summed E-state index contributed by atoms with van der Waals surface area (Å²) in [6.45, 7) is 13.6. The highest BCUT2D eigenvalue weighted by Gasteiger charge is 2.43. The lowest BCUT2D eigenvalue weighted by molar-refractivity contribution is -0.144. The largest absolute Gasteiger partial charge is 0.482 e. The van der Waals surface area contributed by atoms with Gasteiger partial charge in [0.15, 0.2) is 6.61 Å². The third-order valence-electron chi connectivity index (χ3n) is 12.8. The summed E-state index contributed by atoms with van der Waals surface area (Å²) in [6, 6.07) is 3.22. The summed E-state index contributed by atoms with van der Waals surface area (Å²) in [5.41, 5.74) is 0.547. The fourth-order valence-electron chi connectivity index (χ4n) is 8.77. The molecule has 19 heteroatoms. The van der Waals surface area contributed by atoms with E-state index in [4.69, 9.17) is 19.3 Å². The number of carbonyl (C=O) groups excluding carboxylic acids is 5. The number of sulfonamides is 1. The van der Waals surface area contributed by atoms with Crippen molar-refractivity contribution in [2.75, 3.05) is 55.1 Å². The van der Waals surface area contributed by atoms with Gasteiger partial charge in [0, 0.05) is 46.7 Å². The van der Waals surface area contributed by atoms with Crippen molar-refractivity contribution < 1.29 is 56.5 Å². The number of hydrogen-bond donors (Lipinski definition) is 4. The topological polar surface area (TPSA) is 230 Å². The zero-order valence-corrected chi connectivity index (χ0v) is 41.3. The highest BCUT2D eigenvalue weighted by atomic mass is 32.2. The number of hydrogen-bond acceptors (Lipinski definition) is 12. The van der Waals surface area contributed by atoms with Crippen molar-refractivity contribution in [2.24, 2.45) is 29.6 Å². The molecule has 2 aliphatic rings. The van der Waals surface area contributed by atoms with Crippen molar-refractivity contribution in [2.45, 2.75) is 135 Å². The van der Waals surface area contributed by atoms with Gasteiger partial charge in [0.1, 0.15) is 17.8 Å². The molecule has 0 aromatic heterocycles. The Morgan fingerprint density at radius 3 is 2.00 bits per heavy atom. The van der Waals surface area contributed by atoms with Crippen LogP contribution in [-0.4, -0.2) is 160 Å². The number of carboxylic acid groups (broad SMARTS) is 1. The molecular formula is C46H76N6O12S. The van der Waals surface area contributed by atoms with E-state index in [0.29, 0.717) is 37.8 Å². The first-order valence-electron chi connectivity index (χ1n) is 22.8. The number of likely N-dealkylation sites (N-methyl/N-ethyl adjacent to an activating group) is 2. The second-order valence-electron chi connectivity index (χ2n) is 18.7. The molecule has 1 aromatic carbocycles. The first kappa shape index (κ1) is 55.0. The van der Waals surface area contributed by atoms with E-state index in [2.05, 4.69) is 22.3 Å². The smallest absolute Gasteiger partial charge is 0.341 e. The molecule has 1 aliphatic carbocycles. The monoisotopic (exact) mass is 937 g/mol. The number of carboxylic acids is 1. The lowest BCUT2D eigenvalue weighted by Crippen LogP contribution is -2.56. The lowest BCUT2D eigenvalue weighted by atomic mass is 9.84. The Kier molecular flexibility index (Phi) is 21.1. The van der Waals surface area contributed by atoms with Crippen LogP contribution in [-0.2, 0) is 54.7 Å². The van der Waals surface area contributed by atoms with Gasteiger partial charge in [-0.2, -0.15) is 0 Å². The minimum absolute atomic E-state index is 0.00213. The predicted molar refractivity (Wildman–Crippen MR) is 245 cm³/mol. The van der Waals surface area contributed by atoms with Gasteiger partial charge in [-0.3, -0.25) is 33.6 Å². The number of aliphatic carboxylic acids is 1. The van der Waals surface area contributed by atoms with Crippen LogP contribution in [0.15, 0.2) is 24.3 Å². The molecule has 5 amide bonds. The standard InChI is InChI=1S/C46H76N6O12S/c1-13-29(6)34(25-51(10)46(59)40(27(2)3)48-45(58)41(28(4)5)50(8)9)37(62-11)24-38(53)52-22-14-15-36(52)42(63-12)30(7)43(56)47-35(44(57)49-65(60,61)33-20-21-33)23-31-16-18-32(19-17-31)64-26-39(54)55/h16-19,27-30,33-37,40-42H,13-15,20-26H2,1-12H3,(H,47,56)(H,48,58)(H,49,57)(H,54,55)/t29-,30+,34?,35-,36?,37+,40-,41-,42+/m0/s1. The molecule has 18 nitrogen and oxygen atoms in total. The van der Waals surface area contributed by atoms with Crippen LogP contribution in [0.5, 0.6) is 5.75 Å². The van der Waals surface area contributed by atoms with Gasteiger partial charge >= 0.3 is 5.97 Å². The highest BCUT2D eigenvalue weighted by molar-refractivity contribution is 7.90. The van der Waals surface area contributed by atoms with Gasteiger partial charge < -0.3 is 39.8 Å². The van der Waals surface area contributed by atoms with E-state index in [1.165, 1.54) is 19.2 Å². The Morgan fingerprint density at radius 1 is 0.862 bits per heavy atom. The third kappa shape index (κ3) is 15.6. The SMILES string of the molecule is CC[C@H](C)C(CN(C)C(=O)[C@@H](NC(=O)[C@H](C(C)C)N(C)C)C(C)C)[C@@H](CC(=O)N1CCCC1[C@H](OC)[C@@H](C)C(=O)N[C@@H](Cc1ccc(OCC(=O)O)cc1)C(=O)NS(=O)(=O)C1CC1)OC. The summed E-state index contributed by atoms with van der Waals surface area (Å²) in [7, 11) is 4.44. The third-order valence-corrected chi connectivity index (χ3v) is 14.7. The van der Waals surface area contributed by atoms with E-state index in [9.17, 15) is 37.2 Å². The maximum absolute atomic E-state index is 14.3. The quantitative estimate of drug-likeness (QED) is 0.0996. The lowest BCUT2D eigenvalue weighted by Gasteiger charge is -2.38. The predicted octanol–water partition coefficient (Wildman–Crippen LogP) is 2.68. The summed E-state index contributed by atoms with van der Waals surface area (Å²) >= 11 is 0. The molecule has 1 saturated carbocycles. The van der Waals surface area contributed by atoms with E-state index in [-0.39, 0.29) is 66.5 Å². The van der Waals surface area contributed by atoms with Crippen molar-refractivity contribution in [3.63, 3.8) is 0 Å². The summed E-state index contributed by atoms with van der Waals surface area (Å²) in [5.74, 6) is -4.28. The summed E-state index contributed by atoms with van der Waals surface area (Å²) in [5, 5.41) is 14.0. The molecular weight excluding hydrogens is 861 g/mol. The number of nitrogens with one attached hydrogen (secondary N) is 3. The molecule has 368 valence electrons. The van der Waals surface area contributed by atoms with E-state index in [1.807, 2.05) is 53.6 Å². The first-order chi connectivity index (χ1) is 30.5. The normalized spacial score (nSPS) is 19.1. The number of rotatable bonds is 27. The number of nitrogens with zero attached hydrogens (tertiary/aromatic N) is 3. The number of benzene rings is 1. The number of methoxy groups -OCH3 is 2. The zero-order valence-electron chi connectivity index (χ0n) is 40.5. The van der Waals surface area contributed by atoms with E-state index in [0.717, 1.165) is 6.42 Å². The zero-order chi connectivity index (χ0) is 48.9. The Bertz CT molecular complexity index is 1870. The fraction of sp³-hybridized carbons (Fsp3) is 0.739. The second kappa shape index (κ2) is 25.0. The number of carbonyl (C=O) groups is 6. The molecule has 0 spiro atoms. The van der Waals surface area contributed by atoms with Crippen LogP contribution in [0.25, 0.3) is 0 Å². The van der Waals surface area contributed by atoms with Crippen molar-refractivity contribution in [1.29, 1.82) is 0 Å². The van der Waals surface area contributed by atoms with Crippen LogP contribution in [0.2, 0.25) is 0 Å². The minimum atomic E-state index is -3.95. The highest BCUT2D eigenvalue weighted by Crippen LogP contribution is 2.31. The molecule has 65 heavy (non-hydrogen) atoms. The molecule has 3 rings (SSSR count). The molecule has 1 aliphatic heterocycles. The maximum atomic E-state index is 14.3. The molecule has 0 radical (unpaired) electrons. The van der Waals surface area contributed by atoms with E-state index in [1.54, 1.807) is 43.0 Å². The number of amides is 5. The van der Waals surface area contributed by atoms with Gasteiger partial charge in [-0.1, -0.05) is 67.0 Å².